The zero-order valence-electron chi connectivity index (χ0n) is 8.74. The molecule has 78 valence electrons. The van der Waals surface area contributed by atoms with Gasteiger partial charge in [-0.15, -0.1) is 0 Å². The van der Waals surface area contributed by atoms with Crippen LogP contribution in [0.1, 0.15) is 43.8 Å². The summed E-state index contributed by atoms with van der Waals surface area (Å²) < 4.78 is 0. The molecule has 1 aliphatic carbocycles. The lowest BCUT2D eigenvalue weighted by Crippen LogP contribution is -2.05. The summed E-state index contributed by atoms with van der Waals surface area (Å²) in [5.74, 6) is 1.77. The number of pyridine rings is 1. The third kappa shape index (κ3) is 1.62. The van der Waals surface area contributed by atoms with Crippen LogP contribution in [0.15, 0.2) is 18.3 Å². The molecule has 2 aromatic heterocycles. The second kappa shape index (κ2) is 3.65. The molecule has 1 saturated carbocycles. The van der Waals surface area contributed by atoms with E-state index in [1.54, 1.807) is 6.20 Å². The van der Waals surface area contributed by atoms with E-state index < -0.39 is 0 Å². The molecule has 0 radical (unpaired) electrons. The molecule has 0 bridgehead atoms. The van der Waals surface area contributed by atoms with E-state index in [4.69, 9.17) is 0 Å². The Balaban J connectivity index is 1.96. The van der Waals surface area contributed by atoms with Gasteiger partial charge in [-0.1, -0.05) is 19.3 Å². The third-order valence-corrected chi connectivity index (χ3v) is 3.27. The standard InChI is InChI=1S/C12H15N3/c1-2-5-9(6-3-1)11-14-10-7-4-8-13-12(10)15-11/h4,7-9H,1-3,5-6H2,(H,13,14,15). The van der Waals surface area contributed by atoms with Crippen LogP contribution in [-0.2, 0) is 0 Å². The highest BCUT2D eigenvalue weighted by molar-refractivity contribution is 5.70. The Bertz CT molecular complexity index is 422. The van der Waals surface area contributed by atoms with E-state index in [1.165, 1.54) is 32.1 Å². The van der Waals surface area contributed by atoms with E-state index in [2.05, 4.69) is 15.0 Å². The summed E-state index contributed by atoms with van der Waals surface area (Å²) in [7, 11) is 0. The van der Waals surface area contributed by atoms with Crippen molar-refractivity contribution in [1.82, 2.24) is 15.0 Å². The molecule has 0 unspecified atom stereocenters. The van der Waals surface area contributed by atoms with Crippen molar-refractivity contribution in [2.45, 2.75) is 38.0 Å². The van der Waals surface area contributed by atoms with Crippen LogP contribution < -0.4 is 0 Å². The number of aromatic nitrogens is 3. The molecule has 0 aromatic carbocycles. The fraction of sp³-hybridized carbons (Fsp3) is 0.500. The first-order valence-electron chi connectivity index (χ1n) is 5.74. The molecule has 3 nitrogen and oxygen atoms in total. The fourth-order valence-corrected chi connectivity index (χ4v) is 2.43. The van der Waals surface area contributed by atoms with Gasteiger partial charge in [0.2, 0.25) is 0 Å². The molecule has 3 rings (SSSR count). The molecule has 0 spiro atoms. The lowest BCUT2D eigenvalue weighted by Gasteiger charge is -2.18. The van der Waals surface area contributed by atoms with Gasteiger partial charge in [-0.2, -0.15) is 0 Å². The Morgan fingerprint density at radius 3 is 2.87 bits per heavy atom. The van der Waals surface area contributed by atoms with Crippen LogP contribution in [0.4, 0.5) is 0 Å². The van der Waals surface area contributed by atoms with E-state index >= 15 is 0 Å². The van der Waals surface area contributed by atoms with Gasteiger partial charge >= 0.3 is 0 Å². The molecule has 1 aliphatic rings. The Hall–Kier alpha value is -1.38. The number of fused-ring (bicyclic) bond motifs is 1. The summed E-state index contributed by atoms with van der Waals surface area (Å²) >= 11 is 0. The van der Waals surface area contributed by atoms with Gasteiger partial charge in [0.05, 0.1) is 5.52 Å². The van der Waals surface area contributed by atoms with E-state index in [-0.39, 0.29) is 0 Å². The van der Waals surface area contributed by atoms with E-state index in [9.17, 15) is 0 Å². The van der Waals surface area contributed by atoms with E-state index in [0.717, 1.165) is 17.0 Å². The summed E-state index contributed by atoms with van der Waals surface area (Å²) in [6.45, 7) is 0. The summed E-state index contributed by atoms with van der Waals surface area (Å²) in [4.78, 5) is 12.2. The van der Waals surface area contributed by atoms with Crippen molar-refractivity contribution in [1.29, 1.82) is 0 Å². The Labute approximate surface area is 88.9 Å². The molecule has 0 atom stereocenters. The maximum atomic E-state index is 4.57. The molecule has 0 amide bonds. The SMILES string of the molecule is c1cnc2nc(C3CCCCC3)[nH]c2c1. The van der Waals surface area contributed by atoms with Gasteiger partial charge in [-0.25, -0.2) is 9.97 Å². The minimum atomic E-state index is 0.632. The third-order valence-electron chi connectivity index (χ3n) is 3.27. The number of nitrogens with one attached hydrogen (secondary N) is 1. The molecule has 1 fully saturated rings. The Morgan fingerprint density at radius 2 is 2.07 bits per heavy atom. The smallest absolute Gasteiger partial charge is 0.177 e. The number of hydrogen-bond acceptors (Lipinski definition) is 2. The van der Waals surface area contributed by atoms with Crippen molar-refractivity contribution in [3.8, 4) is 0 Å². The largest absolute Gasteiger partial charge is 0.340 e. The number of nitrogens with zero attached hydrogens (tertiary/aromatic N) is 2. The zero-order chi connectivity index (χ0) is 10.1. The maximum Gasteiger partial charge on any atom is 0.177 e. The van der Waals surface area contributed by atoms with Crippen molar-refractivity contribution in [2.75, 3.05) is 0 Å². The van der Waals surface area contributed by atoms with Crippen LogP contribution in [0.2, 0.25) is 0 Å². The average Bonchev–Trinajstić information content (AvgIpc) is 2.74. The van der Waals surface area contributed by atoms with Crippen LogP contribution in [0.3, 0.4) is 0 Å². The molecule has 0 saturated heterocycles. The van der Waals surface area contributed by atoms with E-state index in [0.29, 0.717) is 5.92 Å². The summed E-state index contributed by atoms with van der Waals surface area (Å²) in [5, 5.41) is 0. The predicted molar refractivity (Wildman–Crippen MR) is 59.7 cm³/mol. The van der Waals surface area contributed by atoms with Gasteiger partial charge in [-0.05, 0) is 25.0 Å². The second-order valence-corrected chi connectivity index (χ2v) is 4.33. The van der Waals surface area contributed by atoms with Crippen molar-refractivity contribution >= 4 is 11.2 Å². The Kier molecular flexibility index (Phi) is 2.16. The second-order valence-electron chi connectivity index (χ2n) is 4.33. The average molecular weight is 201 g/mol. The highest BCUT2D eigenvalue weighted by Crippen LogP contribution is 2.31. The molecular weight excluding hydrogens is 186 g/mol. The molecule has 3 heteroatoms. The van der Waals surface area contributed by atoms with Gasteiger partial charge in [0, 0.05) is 12.1 Å². The zero-order valence-corrected chi connectivity index (χ0v) is 8.74. The molecule has 2 heterocycles. The minimum Gasteiger partial charge on any atom is -0.340 e. The van der Waals surface area contributed by atoms with Crippen LogP contribution in [0.25, 0.3) is 11.2 Å². The molecule has 1 N–H and O–H groups in total. The number of hydrogen-bond donors (Lipinski definition) is 1. The van der Waals surface area contributed by atoms with Gasteiger partial charge < -0.3 is 4.98 Å². The highest BCUT2D eigenvalue weighted by Gasteiger charge is 2.18. The lowest BCUT2D eigenvalue weighted by molar-refractivity contribution is 0.431. The first-order chi connectivity index (χ1) is 7.43. The van der Waals surface area contributed by atoms with Crippen LogP contribution >= 0.6 is 0 Å². The minimum absolute atomic E-state index is 0.632. The summed E-state index contributed by atoms with van der Waals surface area (Å²) in [5.41, 5.74) is 1.93. The van der Waals surface area contributed by atoms with Crippen molar-refractivity contribution < 1.29 is 0 Å². The molecule has 15 heavy (non-hydrogen) atoms. The van der Waals surface area contributed by atoms with Crippen molar-refractivity contribution in [3.63, 3.8) is 0 Å². The Morgan fingerprint density at radius 1 is 1.20 bits per heavy atom. The fourth-order valence-electron chi connectivity index (χ4n) is 2.43. The molecular formula is C12H15N3. The predicted octanol–water partition coefficient (Wildman–Crippen LogP) is 3.01. The highest BCUT2D eigenvalue weighted by atomic mass is 15.0. The number of H-pyrrole nitrogens is 1. The first kappa shape index (κ1) is 8.89. The topological polar surface area (TPSA) is 41.6 Å². The van der Waals surface area contributed by atoms with Crippen LogP contribution in [-0.4, -0.2) is 15.0 Å². The maximum absolute atomic E-state index is 4.57. The lowest BCUT2D eigenvalue weighted by atomic mass is 9.89. The van der Waals surface area contributed by atoms with Gasteiger partial charge in [0.1, 0.15) is 5.82 Å². The van der Waals surface area contributed by atoms with Crippen LogP contribution in [0, 0.1) is 0 Å². The van der Waals surface area contributed by atoms with Crippen molar-refractivity contribution in [3.05, 3.63) is 24.2 Å². The number of aromatic amines is 1. The molecule has 2 aromatic rings. The van der Waals surface area contributed by atoms with Gasteiger partial charge in [0.15, 0.2) is 5.65 Å². The normalized spacial score (nSPS) is 18.4. The van der Waals surface area contributed by atoms with Crippen molar-refractivity contribution in [2.24, 2.45) is 0 Å². The summed E-state index contributed by atoms with van der Waals surface area (Å²) in [6, 6.07) is 3.99. The first-order valence-corrected chi connectivity index (χ1v) is 5.74. The van der Waals surface area contributed by atoms with E-state index in [1.807, 2.05) is 12.1 Å². The number of rotatable bonds is 1. The number of imidazole rings is 1. The van der Waals surface area contributed by atoms with Gasteiger partial charge in [0.25, 0.3) is 0 Å². The van der Waals surface area contributed by atoms with Crippen LogP contribution in [0.5, 0.6) is 0 Å². The quantitative estimate of drug-likeness (QED) is 0.770. The molecule has 0 aliphatic heterocycles. The summed E-state index contributed by atoms with van der Waals surface area (Å²) in [6.07, 6.45) is 8.42. The monoisotopic (exact) mass is 201 g/mol. The van der Waals surface area contributed by atoms with Gasteiger partial charge in [-0.3, -0.25) is 0 Å².